The van der Waals surface area contributed by atoms with E-state index < -0.39 is 13.8 Å². The second-order valence-corrected chi connectivity index (χ2v) is 2.27. The first-order valence-electron chi connectivity index (χ1n) is 1.87. The van der Waals surface area contributed by atoms with E-state index in [1.165, 1.54) is 0 Å². The summed E-state index contributed by atoms with van der Waals surface area (Å²) in [4.78, 5) is 25.9. The van der Waals surface area contributed by atoms with Gasteiger partial charge in [0.1, 0.15) is 0 Å². The molecule has 56 valence electrons. The van der Waals surface area contributed by atoms with Crippen molar-refractivity contribution in [3.8, 4) is 0 Å². The minimum absolute atomic E-state index is 0. The molecule has 0 bridgehead atoms. The molecule has 11 heavy (non-hydrogen) atoms. The molecule has 0 atom stereocenters. The maximum absolute atomic E-state index is 9.99. The van der Waals surface area contributed by atoms with Gasteiger partial charge in [-0.05, 0) is 0 Å². The molecule has 8 heteroatoms. The molecule has 0 rings (SSSR count). The molecule has 0 amide bonds. The fourth-order valence-electron chi connectivity index (χ4n) is 0.154. The van der Waals surface area contributed by atoms with E-state index in [9.17, 15) is 9.36 Å². The van der Waals surface area contributed by atoms with Crippen LogP contribution in [0.5, 0.6) is 0 Å². The van der Waals surface area contributed by atoms with Gasteiger partial charge in [0.05, 0.1) is 0 Å². The standard InChI is InChI=1S/C3H5O5P.2K.2H/c1-2-3(4)8-9(5,6)7;;;;/h2H,1H2,(H2,5,6,7);;;;/q;2*+1;2*-1. The van der Waals surface area contributed by atoms with E-state index in [1.54, 1.807) is 0 Å². The molecular formula is C3H7K2O5P. The molecule has 0 unspecified atom stereocenters. The van der Waals surface area contributed by atoms with Crippen LogP contribution in [0.4, 0.5) is 0 Å². The van der Waals surface area contributed by atoms with Gasteiger partial charge in [0.2, 0.25) is 0 Å². The van der Waals surface area contributed by atoms with Gasteiger partial charge in [-0.25, -0.2) is 9.36 Å². The van der Waals surface area contributed by atoms with E-state index in [-0.39, 0.29) is 106 Å². The summed E-state index contributed by atoms with van der Waals surface area (Å²) >= 11 is 0. The molecule has 0 aromatic carbocycles. The number of carbonyl (C=O) groups is 1. The van der Waals surface area contributed by atoms with Crippen molar-refractivity contribution in [3.05, 3.63) is 12.7 Å². The number of hydrogen-bond donors (Lipinski definition) is 2. The molecule has 2 N–H and O–H groups in total. The van der Waals surface area contributed by atoms with E-state index in [4.69, 9.17) is 9.79 Å². The smallest absolute Gasteiger partial charge is 1.00 e. The molecule has 5 nitrogen and oxygen atoms in total. The summed E-state index contributed by atoms with van der Waals surface area (Å²) in [5, 5.41) is 0. The molecule has 0 aliphatic rings. The van der Waals surface area contributed by atoms with E-state index in [2.05, 4.69) is 11.1 Å². The number of hydrogen-bond acceptors (Lipinski definition) is 3. The first-order valence-corrected chi connectivity index (χ1v) is 3.40. The van der Waals surface area contributed by atoms with Crippen LogP contribution in [0.2, 0.25) is 0 Å². The topological polar surface area (TPSA) is 83.8 Å². The molecule has 0 aliphatic carbocycles. The van der Waals surface area contributed by atoms with E-state index in [0.717, 1.165) is 0 Å². The van der Waals surface area contributed by atoms with Crippen LogP contribution in [-0.2, 0) is 13.9 Å². The second kappa shape index (κ2) is 9.20. The van der Waals surface area contributed by atoms with Crippen LogP contribution in [0.25, 0.3) is 0 Å². The summed E-state index contributed by atoms with van der Waals surface area (Å²) in [5.74, 6) is -1.14. The van der Waals surface area contributed by atoms with Crippen molar-refractivity contribution in [2.45, 2.75) is 0 Å². The van der Waals surface area contributed by atoms with Crippen molar-refractivity contribution in [2.75, 3.05) is 0 Å². The van der Waals surface area contributed by atoms with Gasteiger partial charge in [0.15, 0.2) is 0 Å². The summed E-state index contributed by atoms with van der Waals surface area (Å²) in [6, 6.07) is 0. The third-order valence-electron chi connectivity index (χ3n) is 0.376. The molecular weight excluding hydrogens is 225 g/mol. The van der Waals surface area contributed by atoms with Crippen LogP contribution in [0.15, 0.2) is 12.7 Å². The first-order chi connectivity index (χ1) is 3.95. The number of phosphoric acid groups is 1. The Morgan fingerprint density at radius 3 is 2.00 bits per heavy atom. The summed E-state index contributed by atoms with van der Waals surface area (Å²) in [6.45, 7) is 2.93. The zero-order chi connectivity index (χ0) is 7.49. The largest absolute Gasteiger partial charge is 1.00 e. The van der Waals surface area contributed by atoms with Crippen molar-refractivity contribution in [2.24, 2.45) is 0 Å². The molecule has 0 saturated heterocycles. The molecule has 0 fully saturated rings. The van der Waals surface area contributed by atoms with Crippen LogP contribution < -0.4 is 103 Å². The Balaban J connectivity index is -0.0000000533. The third kappa shape index (κ3) is 15.4. The monoisotopic (exact) mass is 232 g/mol. The van der Waals surface area contributed by atoms with Gasteiger partial charge in [-0.3, -0.25) is 9.79 Å². The van der Waals surface area contributed by atoms with Crippen molar-refractivity contribution in [1.82, 2.24) is 0 Å². The predicted octanol–water partition coefficient (Wildman–Crippen LogP) is -5.96. The Hall–Kier alpha value is 2.63. The van der Waals surface area contributed by atoms with Crippen LogP contribution in [0.3, 0.4) is 0 Å². The molecule has 0 aromatic heterocycles. The molecule has 0 saturated carbocycles. The maximum Gasteiger partial charge on any atom is 1.00 e. The minimum atomic E-state index is -4.66. The van der Waals surface area contributed by atoms with E-state index in [1.807, 2.05) is 0 Å². The van der Waals surface area contributed by atoms with Gasteiger partial charge in [-0.2, -0.15) is 0 Å². The summed E-state index contributed by atoms with van der Waals surface area (Å²) in [5.41, 5.74) is 0. The normalized spacial score (nSPS) is 8.55. The first kappa shape index (κ1) is 19.2. The SMILES string of the molecule is C=CC(=O)OP(=O)(O)O.[H-].[H-].[K+].[K+]. The van der Waals surface area contributed by atoms with E-state index in [0.29, 0.717) is 6.08 Å². The van der Waals surface area contributed by atoms with Crippen molar-refractivity contribution < 1.29 is 129 Å². The fourth-order valence-corrected chi connectivity index (χ4v) is 0.463. The van der Waals surface area contributed by atoms with Crippen LogP contribution >= 0.6 is 7.82 Å². The Bertz CT molecular complexity index is 183. The molecule has 0 radical (unpaired) electrons. The average molecular weight is 232 g/mol. The van der Waals surface area contributed by atoms with Gasteiger partial charge in [0, 0.05) is 6.08 Å². The molecule has 0 aromatic rings. The Morgan fingerprint density at radius 2 is 1.91 bits per heavy atom. The predicted molar refractivity (Wildman–Crippen MR) is 30.6 cm³/mol. The second-order valence-electron chi connectivity index (χ2n) is 1.11. The Kier molecular flexibility index (Phi) is 16.1. The zero-order valence-electron chi connectivity index (χ0n) is 8.35. The average Bonchev–Trinajstić information content (AvgIpc) is 1.62. The fraction of sp³-hybridized carbons (Fsp3) is 0. The van der Waals surface area contributed by atoms with Gasteiger partial charge in [-0.1, -0.05) is 6.58 Å². The number of phosphoric ester groups is 1. The van der Waals surface area contributed by atoms with Gasteiger partial charge in [-0.15, -0.1) is 0 Å². The third-order valence-corrected chi connectivity index (χ3v) is 0.793. The summed E-state index contributed by atoms with van der Waals surface area (Å²) in [6.07, 6.45) is 0.666. The number of rotatable bonds is 2. The van der Waals surface area contributed by atoms with Crippen LogP contribution in [0.1, 0.15) is 2.85 Å². The Morgan fingerprint density at radius 1 is 1.55 bits per heavy atom. The van der Waals surface area contributed by atoms with Gasteiger partial charge < -0.3 is 7.38 Å². The van der Waals surface area contributed by atoms with Crippen molar-refractivity contribution in [1.29, 1.82) is 0 Å². The van der Waals surface area contributed by atoms with Crippen LogP contribution in [-0.4, -0.2) is 15.8 Å². The van der Waals surface area contributed by atoms with Crippen molar-refractivity contribution >= 4 is 13.8 Å². The quantitative estimate of drug-likeness (QED) is 0.281. The Labute approximate surface area is 152 Å². The number of carbonyl (C=O) groups excluding carboxylic acids is 1. The zero-order valence-corrected chi connectivity index (χ0v) is 13.5. The summed E-state index contributed by atoms with van der Waals surface area (Å²) in [7, 11) is -4.66. The molecule has 0 spiro atoms. The molecule has 0 aliphatic heterocycles. The van der Waals surface area contributed by atoms with Gasteiger partial charge >= 0.3 is 117 Å². The maximum atomic E-state index is 9.99. The summed E-state index contributed by atoms with van der Waals surface area (Å²) < 4.78 is 13.3. The van der Waals surface area contributed by atoms with Crippen molar-refractivity contribution in [3.63, 3.8) is 0 Å². The van der Waals surface area contributed by atoms with E-state index >= 15 is 0 Å². The molecule has 0 heterocycles. The van der Waals surface area contributed by atoms with Gasteiger partial charge in [0.25, 0.3) is 0 Å². The van der Waals surface area contributed by atoms with Crippen LogP contribution in [0, 0.1) is 0 Å². The minimum Gasteiger partial charge on any atom is -1.00 e.